The fourth-order valence-electron chi connectivity index (χ4n) is 3.25. The Bertz CT molecular complexity index is 1550. The number of halogens is 12. The first-order valence-electron chi connectivity index (χ1n) is 11.1. The first-order valence-corrected chi connectivity index (χ1v) is 11.1. The lowest BCUT2D eigenvalue weighted by atomic mass is 9.95. The van der Waals surface area contributed by atoms with Crippen molar-refractivity contribution in [1.82, 2.24) is 0 Å². The number of Topliss-reactive ketones (excluding diaryl/α,β-unsaturated/α-hetero) is 1. The number of alkyl halides is 12. The highest BCUT2D eigenvalue weighted by molar-refractivity contribution is 6.03. The Morgan fingerprint density at radius 2 is 1.04 bits per heavy atom. The molecule has 2 aromatic carbocycles. The van der Waals surface area contributed by atoms with Crippen molar-refractivity contribution in [3.05, 3.63) is 41.5 Å². The van der Waals surface area contributed by atoms with Crippen LogP contribution >= 0.6 is 0 Å². The fraction of sp³-hybridized carbons (Fsp3) is 0.261. The second kappa shape index (κ2) is 11.8. The summed E-state index contributed by atoms with van der Waals surface area (Å²) >= 11 is 0. The average molecular weight is 672 g/mol. The summed E-state index contributed by atoms with van der Waals surface area (Å²) in [6, 6.07) is 1.82. The van der Waals surface area contributed by atoms with Crippen LogP contribution in [0, 0.1) is 0 Å². The van der Waals surface area contributed by atoms with E-state index in [1.165, 1.54) is 0 Å². The van der Waals surface area contributed by atoms with Gasteiger partial charge in [0.1, 0.15) is 28.9 Å². The van der Waals surface area contributed by atoms with E-state index in [-0.39, 0.29) is 6.07 Å². The molecule has 0 aliphatic carbocycles. The van der Waals surface area contributed by atoms with Gasteiger partial charge in [-0.2, -0.15) is 52.7 Å². The molecule has 0 fully saturated rings. The maximum Gasteiger partial charge on any atom is 0.491 e. The van der Waals surface area contributed by atoms with Gasteiger partial charge in [0.25, 0.3) is 0 Å². The fourth-order valence-corrected chi connectivity index (χ4v) is 3.25. The molecule has 0 aromatic heterocycles. The van der Waals surface area contributed by atoms with Crippen LogP contribution in [0.3, 0.4) is 0 Å². The Hall–Kier alpha value is -5.05. The summed E-state index contributed by atoms with van der Waals surface area (Å²) in [4.78, 5) is 58.0. The van der Waals surface area contributed by atoms with Gasteiger partial charge >= 0.3 is 48.6 Å². The van der Waals surface area contributed by atoms with Crippen LogP contribution < -0.4 is 23.7 Å². The second-order valence-electron chi connectivity index (χ2n) is 8.28. The number of rotatable bonds is 5. The molecule has 3 rings (SSSR count). The van der Waals surface area contributed by atoms with Gasteiger partial charge in [-0.3, -0.25) is 4.79 Å². The monoisotopic (exact) mass is 672 g/mol. The van der Waals surface area contributed by atoms with E-state index in [1.54, 1.807) is 0 Å². The molecule has 0 spiro atoms. The zero-order valence-corrected chi connectivity index (χ0v) is 20.8. The quantitative estimate of drug-likeness (QED) is 0.235. The maximum absolute atomic E-state index is 12.9. The minimum absolute atomic E-state index is 0.131. The zero-order chi connectivity index (χ0) is 34.3. The van der Waals surface area contributed by atoms with Gasteiger partial charge < -0.3 is 23.7 Å². The van der Waals surface area contributed by atoms with Crippen molar-refractivity contribution >= 4 is 29.7 Å². The highest BCUT2D eigenvalue weighted by atomic mass is 19.4. The van der Waals surface area contributed by atoms with Gasteiger partial charge in [0.2, 0.25) is 0 Å². The SMILES string of the molecule is O=C1CC(c2ccc(OC(=O)C(F)(F)F)c(OC(=O)C(F)(F)F)c2)Oc2cc(OC(=O)C(F)(F)F)cc(OC(=O)C(F)(F)F)c21. The molecule has 10 nitrogen and oxygen atoms in total. The summed E-state index contributed by atoms with van der Waals surface area (Å²) in [5.41, 5.74) is -1.58. The molecule has 1 aliphatic heterocycles. The molecule has 1 aliphatic rings. The van der Waals surface area contributed by atoms with Gasteiger partial charge in [0, 0.05) is 12.1 Å². The third-order valence-electron chi connectivity index (χ3n) is 5.04. The molecule has 0 amide bonds. The molecule has 1 heterocycles. The van der Waals surface area contributed by atoms with Crippen LogP contribution in [0.15, 0.2) is 30.3 Å². The lowest BCUT2D eigenvalue weighted by Crippen LogP contribution is -2.30. The number of carbonyl (C=O) groups is 5. The summed E-state index contributed by atoms with van der Waals surface area (Å²) in [6.45, 7) is 0. The van der Waals surface area contributed by atoms with Crippen LogP contribution in [-0.2, 0) is 19.2 Å². The molecule has 0 bridgehead atoms. The summed E-state index contributed by atoms with van der Waals surface area (Å²) in [5.74, 6) is -19.8. The molecule has 0 saturated carbocycles. The van der Waals surface area contributed by atoms with E-state index < -0.39 is 107 Å². The molecule has 22 heteroatoms. The van der Waals surface area contributed by atoms with E-state index in [0.29, 0.717) is 24.3 Å². The lowest BCUT2D eigenvalue weighted by Gasteiger charge is -2.27. The third-order valence-corrected chi connectivity index (χ3v) is 5.04. The summed E-state index contributed by atoms with van der Waals surface area (Å²) in [7, 11) is 0. The smallest absolute Gasteiger partial charge is 0.484 e. The molecule has 2 aromatic rings. The summed E-state index contributed by atoms with van der Waals surface area (Å²) in [5, 5.41) is 0. The molecular formula is C23H8F12O10. The van der Waals surface area contributed by atoms with E-state index in [2.05, 4.69) is 18.9 Å². The predicted molar refractivity (Wildman–Crippen MR) is 112 cm³/mol. The first kappa shape index (κ1) is 34.4. The number of hydrogen-bond acceptors (Lipinski definition) is 10. The highest BCUT2D eigenvalue weighted by Crippen LogP contribution is 2.45. The van der Waals surface area contributed by atoms with Crippen molar-refractivity contribution in [3.8, 4) is 28.7 Å². The van der Waals surface area contributed by atoms with Gasteiger partial charge in [-0.25, -0.2) is 19.2 Å². The second-order valence-corrected chi connectivity index (χ2v) is 8.28. The Labute approximate surface area is 238 Å². The maximum atomic E-state index is 12.9. The van der Waals surface area contributed by atoms with Crippen molar-refractivity contribution in [2.24, 2.45) is 0 Å². The van der Waals surface area contributed by atoms with Gasteiger partial charge in [-0.05, 0) is 17.7 Å². The van der Waals surface area contributed by atoms with Crippen LogP contribution in [0.2, 0.25) is 0 Å². The molecule has 244 valence electrons. The Morgan fingerprint density at radius 1 is 0.600 bits per heavy atom. The highest BCUT2D eigenvalue weighted by Gasteiger charge is 2.46. The Morgan fingerprint density at radius 3 is 1.53 bits per heavy atom. The molecule has 0 saturated heterocycles. The van der Waals surface area contributed by atoms with Crippen molar-refractivity contribution in [1.29, 1.82) is 0 Å². The largest absolute Gasteiger partial charge is 0.491 e. The van der Waals surface area contributed by atoms with Gasteiger partial charge in [-0.1, -0.05) is 6.07 Å². The number of hydrogen-bond donors (Lipinski definition) is 0. The van der Waals surface area contributed by atoms with Gasteiger partial charge in [0.15, 0.2) is 17.3 Å². The van der Waals surface area contributed by atoms with Crippen molar-refractivity contribution in [2.45, 2.75) is 37.2 Å². The van der Waals surface area contributed by atoms with E-state index in [0.717, 1.165) is 0 Å². The number of fused-ring (bicyclic) bond motifs is 1. The molecule has 1 atom stereocenters. The number of ketones is 1. The molecule has 45 heavy (non-hydrogen) atoms. The number of carbonyl (C=O) groups excluding carboxylic acids is 5. The van der Waals surface area contributed by atoms with Crippen molar-refractivity contribution in [3.63, 3.8) is 0 Å². The minimum Gasteiger partial charge on any atom is -0.484 e. The molecule has 0 N–H and O–H groups in total. The Balaban J connectivity index is 2.09. The van der Waals surface area contributed by atoms with Crippen LogP contribution in [-0.4, -0.2) is 54.4 Å². The first-order chi connectivity index (χ1) is 20.4. The topological polar surface area (TPSA) is 132 Å². The van der Waals surface area contributed by atoms with Crippen molar-refractivity contribution in [2.75, 3.05) is 0 Å². The van der Waals surface area contributed by atoms with Crippen LogP contribution in [0.25, 0.3) is 0 Å². The van der Waals surface area contributed by atoms with Crippen LogP contribution in [0.1, 0.15) is 28.4 Å². The zero-order valence-electron chi connectivity index (χ0n) is 20.8. The lowest BCUT2D eigenvalue weighted by molar-refractivity contribution is -0.191. The molecule has 1 unspecified atom stereocenters. The van der Waals surface area contributed by atoms with E-state index in [4.69, 9.17) is 4.74 Å². The Kier molecular flexibility index (Phi) is 9.03. The molecular weight excluding hydrogens is 664 g/mol. The van der Waals surface area contributed by atoms with E-state index in [9.17, 15) is 76.7 Å². The van der Waals surface area contributed by atoms with Crippen LogP contribution in [0.5, 0.6) is 28.7 Å². The number of benzene rings is 2. The average Bonchev–Trinajstić information content (AvgIpc) is 2.86. The van der Waals surface area contributed by atoms with E-state index >= 15 is 0 Å². The minimum atomic E-state index is -5.74. The van der Waals surface area contributed by atoms with Gasteiger partial charge in [-0.15, -0.1) is 0 Å². The normalized spacial score (nSPS) is 15.4. The van der Waals surface area contributed by atoms with Crippen LogP contribution in [0.4, 0.5) is 52.7 Å². The summed E-state index contributed by atoms with van der Waals surface area (Å²) in [6.07, 6.45) is -25.6. The number of esters is 4. The predicted octanol–water partition coefficient (Wildman–Crippen LogP) is 5.26. The van der Waals surface area contributed by atoms with Crippen molar-refractivity contribution < 1.29 is 100 Å². The standard InChI is InChI=1S/C23H8F12O10/c24-20(25,26)16(37)41-8-4-13-15(14(5-8)45-19(40)23(33,34)35)9(36)6-11(42-13)7-1-2-10(43-17(38)21(27,28)29)12(3-7)44-18(39)22(30,31)32/h1-5,11H,6H2. The number of ether oxygens (including phenoxy) is 5. The third kappa shape index (κ3) is 8.32. The summed E-state index contributed by atoms with van der Waals surface area (Å²) < 4.78 is 174. The molecule has 0 radical (unpaired) electrons. The van der Waals surface area contributed by atoms with Gasteiger partial charge in [0.05, 0.1) is 6.42 Å². The van der Waals surface area contributed by atoms with E-state index in [1.807, 2.05) is 0 Å².